The van der Waals surface area contributed by atoms with Crippen LogP contribution in [0.3, 0.4) is 0 Å². The van der Waals surface area contributed by atoms with Crippen molar-refractivity contribution in [2.24, 2.45) is 0 Å². The first-order chi connectivity index (χ1) is 7.13. The Morgan fingerprint density at radius 1 is 1.53 bits per heavy atom. The zero-order valence-corrected chi connectivity index (χ0v) is 7.70. The molecule has 80 valence electrons. The lowest BCUT2D eigenvalue weighted by Gasteiger charge is -2.17. The molecule has 0 radical (unpaired) electrons. The molecule has 0 spiro atoms. The maximum atomic E-state index is 10.7. The number of epoxide rings is 1. The average Bonchev–Trinajstić information content (AvgIpc) is 3.02. The number of nitro groups is 1. The Morgan fingerprint density at radius 2 is 2.13 bits per heavy atom. The molecule has 0 amide bonds. The molecule has 1 aliphatic rings. The van der Waals surface area contributed by atoms with Gasteiger partial charge >= 0.3 is 5.91 Å². The van der Waals surface area contributed by atoms with Crippen LogP contribution in [0.5, 0.6) is 5.75 Å². The van der Waals surface area contributed by atoms with Crippen molar-refractivity contribution in [3.63, 3.8) is 0 Å². The lowest BCUT2D eigenvalue weighted by Crippen LogP contribution is -2.49. The minimum Gasteiger partial charge on any atom is -0.404 e. The van der Waals surface area contributed by atoms with Crippen LogP contribution in [0.2, 0.25) is 0 Å². The molecular weight excluding hydrogens is 202 g/mol. The van der Waals surface area contributed by atoms with Crippen molar-refractivity contribution in [2.75, 3.05) is 6.61 Å². The van der Waals surface area contributed by atoms with Gasteiger partial charge in [-0.3, -0.25) is 15.2 Å². The third-order valence-corrected chi connectivity index (χ3v) is 2.03. The summed E-state index contributed by atoms with van der Waals surface area (Å²) in [5.41, 5.74) is 0. The molecule has 2 atom stereocenters. The van der Waals surface area contributed by atoms with Crippen molar-refractivity contribution >= 4 is 0 Å². The van der Waals surface area contributed by atoms with Crippen LogP contribution in [0.4, 0.5) is 0 Å². The molecule has 1 heterocycles. The van der Waals surface area contributed by atoms with Gasteiger partial charge in [-0.1, -0.05) is 18.2 Å². The number of hydrogen-bond donors (Lipinski definition) is 1. The van der Waals surface area contributed by atoms with Gasteiger partial charge in [-0.15, -0.1) is 0 Å². The van der Waals surface area contributed by atoms with E-state index in [4.69, 9.17) is 9.47 Å². The summed E-state index contributed by atoms with van der Waals surface area (Å²) < 4.78 is 9.61. The van der Waals surface area contributed by atoms with E-state index in [9.17, 15) is 15.2 Å². The van der Waals surface area contributed by atoms with Crippen LogP contribution in [0, 0.1) is 10.1 Å². The van der Waals surface area contributed by atoms with Crippen molar-refractivity contribution in [3.05, 3.63) is 40.4 Å². The van der Waals surface area contributed by atoms with Gasteiger partial charge in [-0.05, 0) is 12.1 Å². The third kappa shape index (κ3) is 1.90. The quantitative estimate of drug-likeness (QED) is 0.337. The molecule has 2 unspecified atom stereocenters. The van der Waals surface area contributed by atoms with E-state index in [0.717, 1.165) is 0 Å². The summed E-state index contributed by atoms with van der Waals surface area (Å²) in [6.07, 6.45) is -0.896. The van der Waals surface area contributed by atoms with Gasteiger partial charge in [0.2, 0.25) is 6.10 Å². The summed E-state index contributed by atoms with van der Waals surface area (Å²) in [5, 5.41) is 20.3. The Labute approximate surface area is 85.2 Å². The van der Waals surface area contributed by atoms with Crippen LogP contribution < -0.4 is 4.74 Å². The maximum Gasteiger partial charge on any atom is 0.510 e. The largest absolute Gasteiger partial charge is 0.510 e. The molecule has 6 nitrogen and oxygen atoms in total. The fourth-order valence-electron chi connectivity index (χ4n) is 1.15. The second kappa shape index (κ2) is 3.48. The van der Waals surface area contributed by atoms with Gasteiger partial charge in [0.25, 0.3) is 0 Å². The van der Waals surface area contributed by atoms with Gasteiger partial charge in [-0.2, -0.15) is 0 Å². The van der Waals surface area contributed by atoms with Gasteiger partial charge in [-0.25, -0.2) is 0 Å². The van der Waals surface area contributed by atoms with E-state index in [1.165, 1.54) is 12.1 Å². The van der Waals surface area contributed by atoms with E-state index in [1.807, 2.05) is 0 Å². The average molecular weight is 211 g/mol. The first-order valence-corrected chi connectivity index (χ1v) is 4.35. The highest BCUT2D eigenvalue weighted by atomic mass is 16.8. The Balaban J connectivity index is 2.17. The summed E-state index contributed by atoms with van der Waals surface area (Å²) in [7, 11) is 0. The van der Waals surface area contributed by atoms with Gasteiger partial charge in [0.1, 0.15) is 10.7 Å². The Hall–Kier alpha value is -1.66. The first-order valence-electron chi connectivity index (χ1n) is 4.35. The van der Waals surface area contributed by atoms with Crippen LogP contribution in [0.25, 0.3) is 0 Å². The number of para-hydroxylation sites is 1. The predicted octanol–water partition coefficient (Wildman–Crippen LogP) is 0.387. The third-order valence-electron chi connectivity index (χ3n) is 2.03. The fourth-order valence-corrected chi connectivity index (χ4v) is 1.15. The second-order valence-corrected chi connectivity index (χ2v) is 3.15. The summed E-state index contributed by atoms with van der Waals surface area (Å²) in [6, 6.07) is 8.10. The minimum absolute atomic E-state index is 0.129. The van der Waals surface area contributed by atoms with Crippen LogP contribution in [0.15, 0.2) is 30.3 Å². The van der Waals surface area contributed by atoms with Gasteiger partial charge < -0.3 is 9.47 Å². The van der Waals surface area contributed by atoms with E-state index in [1.54, 1.807) is 18.2 Å². The maximum absolute atomic E-state index is 10.7. The van der Waals surface area contributed by atoms with Crippen molar-refractivity contribution in [1.29, 1.82) is 0 Å². The number of nitrogens with zero attached hydrogens (tertiary/aromatic N) is 1. The van der Waals surface area contributed by atoms with Crippen molar-refractivity contribution in [1.82, 2.24) is 0 Å². The van der Waals surface area contributed by atoms with Gasteiger partial charge in [0.05, 0.1) is 6.61 Å². The molecule has 2 rings (SSSR count). The van der Waals surface area contributed by atoms with E-state index < -0.39 is 16.9 Å². The molecule has 6 heteroatoms. The normalized spacial score (nSPS) is 22.9. The monoisotopic (exact) mass is 211 g/mol. The summed E-state index contributed by atoms with van der Waals surface area (Å²) in [6.45, 7) is 0.129. The number of benzene rings is 1. The lowest BCUT2D eigenvalue weighted by molar-refractivity contribution is -0.676. The Kier molecular flexibility index (Phi) is 2.29. The van der Waals surface area contributed by atoms with Crippen LogP contribution >= 0.6 is 0 Å². The fraction of sp³-hybridized carbons (Fsp3) is 0.333. The summed E-state index contributed by atoms with van der Waals surface area (Å²) >= 11 is 0. The predicted molar refractivity (Wildman–Crippen MR) is 48.8 cm³/mol. The highest BCUT2D eigenvalue weighted by Gasteiger charge is 2.60. The topological polar surface area (TPSA) is 85.1 Å². The van der Waals surface area contributed by atoms with E-state index in [0.29, 0.717) is 0 Å². The molecular formula is C9H9NO5. The standard InChI is InChI=1S/C9H9NO5/c11-9(10(12)13,8-6-14-8)15-7-4-2-1-3-5-7/h1-5,8,11H,6H2. The summed E-state index contributed by atoms with van der Waals surface area (Å²) in [4.78, 5) is 9.77. The van der Waals surface area contributed by atoms with Crippen LogP contribution in [-0.4, -0.2) is 28.7 Å². The first kappa shape index (κ1) is 9.88. The molecule has 1 aromatic rings. The molecule has 0 aliphatic carbocycles. The minimum atomic E-state index is -2.48. The zero-order valence-electron chi connectivity index (χ0n) is 7.70. The van der Waals surface area contributed by atoms with Crippen molar-refractivity contribution in [3.8, 4) is 5.75 Å². The number of aliphatic hydroxyl groups is 1. The smallest absolute Gasteiger partial charge is 0.404 e. The van der Waals surface area contributed by atoms with Gasteiger partial charge in [0, 0.05) is 0 Å². The zero-order chi connectivity index (χ0) is 10.9. The number of ether oxygens (including phenoxy) is 2. The summed E-state index contributed by atoms with van der Waals surface area (Å²) in [5.74, 6) is -2.26. The molecule has 1 N–H and O–H groups in total. The second-order valence-electron chi connectivity index (χ2n) is 3.15. The highest BCUT2D eigenvalue weighted by molar-refractivity contribution is 5.21. The van der Waals surface area contributed by atoms with Crippen molar-refractivity contribution < 1.29 is 19.5 Å². The highest BCUT2D eigenvalue weighted by Crippen LogP contribution is 2.28. The van der Waals surface area contributed by atoms with Crippen LogP contribution in [-0.2, 0) is 4.74 Å². The van der Waals surface area contributed by atoms with E-state index in [2.05, 4.69) is 0 Å². The molecule has 1 fully saturated rings. The van der Waals surface area contributed by atoms with E-state index in [-0.39, 0.29) is 12.4 Å². The number of rotatable bonds is 4. The molecule has 15 heavy (non-hydrogen) atoms. The Bertz CT molecular complexity index is 364. The molecule has 1 aromatic carbocycles. The molecule has 1 saturated heterocycles. The van der Waals surface area contributed by atoms with Crippen LogP contribution in [0.1, 0.15) is 0 Å². The van der Waals surface area contributed by atoms with Gasteiger partial charge in [0.15, 0.2) is 0 Å². The molecule has 0 bridgehead atoms. The van der Waals surface area contributed by atoms with Crippen molar-refractivity contribution in [2.45, 2.75) is 12.0 Å². The number of hydrogen-bond acceptors (Lipinski definition) is 5. The van der Waals surface area contributed by atoms with E-state index >= 15 is 0 Å². The lowest BCUT2D eigenvalue weighted by atomic mass is 10.3. The Morgan fingerprint density at radius 3 is 2.60 bits per heavy atom. The molecule has 0 aromatic heterocycles. The molecule has 1 aliphatic heterocycles. The SMILES string of the molecule is O=[N+]([O-])C(O)(Oc1ccccc1)C1CO1. The molecule has 0 saturated carbocycles.